The van der Waals surface area contributed by atoms with E-state index in [1.54, 1.807) is 4.68 Å². The van der Waals surface area contributed by atoms with Crippen LogP contribution in [0.4, 0.5) is 0 Å². The summed E-state index contributed by atoms with van der Waals surface area (Å²) < 4.78 is 28.6. The molecule has 0 saturated heterocycles. The third-order valence-electron chi connectivity index (χ3n) is 3.84. The van der Waals surface area contributed by atoms with Gasteiger partial charge in [0.1, 0.15) is 4.90 Å². The maximum absolute atomic E-state index is 12.8. The summed E-state index contributed by atoms with van der Waals surface area (Å²) in [5.41, 5.74) is 2.77. The molecule has 5 nitrogen and oxygen atoms in total. The van der Waals surface area contributed by atoms with Gasteiger partial charge in [-0.25, -0.2) is 8.42 Å². The van der Waals surface area contributed by atoms with Gasteiger partial charge in [-0.2, -0.15) is 9.40 Å². The molecule has 0 bridgehead atoms. The van der Waals surface area contributed by atoms with Crippen LogP contribution in [0.3, 0.4) is 0 Å². The smallest absolute Gasteiger partial charge is 0.244 e. The van der Waals surface area contributed by atoms with Crippen LogP contribution >= 0.6 is 23.2 Å². The minimum absolute atomic E-state index is 0.0469. The second kappa shape index (κ2) is 6.81. The fourth-order valence-corrected chi connectivity index (χ4v) is 4.25. The van der Waals surface area contributed by atoms with Gasteiger partial charge in [0, 0.05) is 36.9 Å². The van der Waals surface area contributed by atoms with Crippen molar-refractivity contribution in [2.45, 2.75) is 31.7 Å². The molecule has 0 amide bonds. The Balaban J connectivity index is 2.38. The van der Waals surface area contributed by atoms with Gasteiger partial charge in [0.15, 0.2) is 0 Å². The van der Waals surface area contributed by atoms with Crippen molar-refractivity contribution in [3.8, 4) is 0 Å². The van der Waals surface area contributed by atoms with E-state index in [-0.39, 0.29) is 16.5 Å². The average molecular weight is 376 g/mol. The lowest BCUT2D eigenvalue weighted by atomic mass is 10.1. The summed E-state index contributed by atoms with van der Waals surface area (Å²) in [7, 11) is -0.328. The zero-order chi connectivity index (χ0) is 17.4. The molecule has 0 N–H and O–H groups in total. The molecule has 1 heterocycles. The molecule has 0 aliphatic heterocycles. The van der Waals surface area contributed by atoms with E-state index in [2.05, 4.69) is 5.10 Å². The van der Waals surface area contributed by atoms with Gasteiger partial charge >= 0.3 is 0 Å². The number of aromatic nitrogens is 2. The first-order chi connectivity index (χ1) is 10.7. The van der Waals surface area contributed by atoms with Gasteiger partial charge in [0.2, 0.25) is 10.0 Å². The first-order valence-electron chi connectivity index (χ1n) is 7.11. The van der Waals surface area contributed by atoms with Crippen LogP contribution < -0.4 is 0 Å². The van der Waals surface area contributed by atoms with Crippen LogP contribution in [-0.4, -0.2) is 29.6 Å². The molecule has 0 fully saturated rings. The number of hydrogen-bond donors (Lipinski definition) is 0. The van der Waals surface area contributed by atoms with Crippen LogP contribution in [0.1, 0.15) is 23.9 Å². The maximum atomic E-state index is 12.8. The van der Waals surface area contributed by atoms with E-state index in [1.807, 2.05) is 20.9 Å². The van der Waals surface area contributed by atoms with Crippen LogP contribution in [0.15, 0.2) is 23.1 Å². The van der Waals surface area contributed by atoms with Gasteiger partial charge in [0.05, 0.1) is 10.7 Å². The lowest BCUT2D eigenvalue weighted by molar-refractivity contribution is 0.464. The van der Waals surface area contributed by atoms with Gasteiger partial charge in [-0.3, -0.25) is 4.68 Å². The number of sulfonamides is 1. The minimum Gasteiger partial charge on any atom is -0.272 e. The van der Waals surface area contributed by atoms with Crippen LogP contribution in [-0.2, 0) is 30.0 Å². The zero-order valence-corrected chi connectivity index (χ0v) is 15.8. The van der Waals surface area contributed by atoms with E-state index >= 15 is 0 Å². The van der Waals surface area contributed by atoms with Crippen LogP contribution in [0.25, 0.3) is 0 Å². The van der Waals surface area contributed by atoms with Gasteiger partial charge in [-0.05, 0) is 31.5 Å². The Bertz CT molecular complexity index is 831. The molecule has 8 heteroatoms. The average Bonchev–Trinajstić information content (AvgIpc) is 2.74. The summed E-state index contributed by atoms with van der Waals surface area (Å²) in [4.78, 5) is 0.0469. The van der Waals surface area contributed by atoms with Gasteiger partial charge < -0.3 is 0 Å². The summed E-state index contributed by atoms with van der Waals surface area (Å²) in [6, 6.07) is 4.37. The van der Waals surface area contributed by atoms with Crippen molar-refractivity contribution >= 4 is 33.2 Å². The van der Waals surface area contributed by atoms with E-state index in [9.17, 15) is 8.42 Å². The Morgan fingerprint density at radius 2 is 1.96 bits per heavy atom. The van der Waals surface area contributed by atoms with Crippen molar-refractivity contribution in [3.05, 3.63) is 45.2 Å². The highest BCUT2D eigenvalue weighted by molar-refractivity contribution is 7.89. The second-order valence-electron chi connectivity index (χ2n) is 5.32. The molecule has 1 aromatic carbocycles. The van der Waals surface area contributed by atoms with Crippen molar-refractivity contribution in [1.29, 1.82) is 0 Å². The number of aryl methyl sites for hydroxylation is 2. The summed E-state index contributed by atoms with van der Waals surface area (Å²) in [6.07, 6.45) is 0.743. The number of halogens is 2. The topological polar surface area (TPSA) is 55.2 Å². The largest absolute Gasteiger partial charge is 0.272 e. The highest BCUT2D eigenvalue weighted by Crippen LogP contribution is 2.28. The molecular formula is C15H19Cl2N3O2S. The predicted molar refractivity (Wildman–Crippen MR) is 92.4 cm³/mol. The molecule has 0 saturated carbocycles. The summed E-state index contributed by atoms with van der Waals surface area (Å²) in [5.74, 6) is 0. The Morgan fingerprint density at radius 3 is 2.52 bits per heavy atom. The monoisotopic (exact) mass is 375 g/mol. The Morgan fingerprint density at radius 1 is 1.30 bits per heavy atom. The summed E-state index contributed by atoms with van der Waals surface area (Å²) >= 11 is 11.9. The lowest BCUT2D eigenvalue weighted by Crippen LogP contribution is -2.27. The van der Waals surface area contributed by atoms with Gasteiger partial charge in [-0.15, -0.1) is 0 Å². The fourth-order valence-electron chi connectivity index (χ4n) is 2.37. The molecule has 0 aliphatic carbocycles. The summed E-state index contributed by atoms with van der Waals surface area (Å²) in [6.45, 7) is 4.16. The molecule has 2 rings (SSSR count). The Hall–Kier alpha value is -1.08. The SMILES string of the molecule is CCc1nn(C)c(C)c1CN(C)S(=O)(=O)c1ccc(Cl)cc1Cl. The fraction of sp³-hybridized carbons (Fsp3) is 0.400. The zero-order valence-electron chi connectivity index (χ0n) is 13.5. The van der Waals surface area contributed by atoms with E-state index in [0.717, 1.165) is 23.4 Å². The molecule has 23 heavy (non-hydrogen) atoms. The quantitative estimate of drug-likeness (QED) is 0.804. The maximum Gasteiger partial charge on any atom is 0.244 e. The normalized spacial score (nSPS) is 12.1. The number of rotatable bonds is 5. The lowest BCUT2D eigenvalue weighted by Gasteiger charge is -2.18. The molecule has 0 atom stereocenters. The number of nitrogens with zero attached hydrogens (tertiary/aromatic N) is 3. The number of hydrogen-bond acceptors (Lipinski definition) is 3. The van der Waals surface area contributed by atoms with Crippen molar-refractivity contribution in [2.75, 3.05) is 7.05 Å². The highest BCUT2D eigenvalue weighted by Gasteiger charge is 2.26. The van der Waals surface area contributed by atoms with E-state index in [4.69, 9.17) is 23.2 Å². The Kier molecular flexibility index (Phi) is 5.41. The van der Waals surface area contributed by atoms with Crippen LogP contribution in [0, 0.1) is 6.92 Å². The van der Waals surface area contributed by atoms with Crippen LogP contribution in [0.5, 0.6) is 0 Å². The molecule has 2 aromatic rings. The van der Waals surface area contributed by atoms with Crippen molar-refractivity contribution in [1.82, 2.24) is 14.1 Å². The van der Waals surface area contributed by atoms with E-state index in [0.29, 0.717) is 5.02 Å². The second-order valence-corrected chi connectivity index (χ2v) is 8.18. The molecule has 0 unspecified atom stereocenters. The predicted octanol–water partition coefficient (Wildman–Crippen LogP) is 3.42. The third kappa shape index (κ3) is 3.55. The molecule has 0 spiro atoms. The standard InChI is InChI=1S/C15H19Cl2N3O2S/c1-5-14-12(10(2)20(4)18-14)9-19(3)23(21,22)15-7-6-11(16)8-13(15)17/h6-8H,5,9H2,1-4H3. The van der Waals surface area contributed by atoms with Crippen molar-refractivity contribution in [2.24, 2.45) is 7.05 Å². The third-order valence-corrected chi connectivity index (χ3v) is 6.36. The molecule has 1 aromatic heterocycles. The highest BCUT2D eigenvalue weighted by atomic mass is 35.5. The minimum atomic E-state index is -3.71. The van der Waals surface area contributed by atoms with Crippen molar-refractivity contribution < 1.29 is 8.42 Å². The number of benzene rings is 1. The van der Waals surface area contributed by atoms with E-state index < -0.39 is 10.0 Å². The molecule has 126 valence electrons. The van der Waals surface area contributed by atoms with Gasteiger partial charge in [0.25, 0.3) is 0 Å². The van der Waals surface area contributed by atoms with Crippen LogP contribution in [0.2, 0.25) is 10.0 Å². The Labute approximate surface area is 146 Å². The van der Waals surface area contributed by atoms with E-state index in [1.165, 1.54) is 29.6 Å². The molecule has 0 radical (unpaired) electrons. The van der Waals surface area contributed by atoms with Gasteiger partial charge in [-0.1, -0.05) is 30.1 Å². The summed E-state index contributed by atoms with van der Waals surface area (Å²) in [5, 5.41) is 4.93. The first-order valence-corrected chi connectivity index (χ1v) is 9.30. The van der Waals surface area contributed by atoms with Crippen molar-refractivity contribution in [3.63, 3.8) is 0 Å². The first kappa shape index (κ1) is 18.3. The molecule has 0 aliphatic rings. The molecular weight excluding hydrogens is 357 g/mol.